The summed E-state index contributed by atoms with van der Waals surface area (Å²) in [6.07, 6.45) is 15.9. The number of hydrogen-bond acceptors (Lipinski definition) is 5. The molecule has 4 aliphatic rings. The second kappa shape index (κ2) is 9.57. The van der Waals surface area contributed by atoms with E-state index in [2.05, 4.69) is 30.1 Å². The standard InChI is InChI=1S/C26H44N4O3/c1-24-11-9-20(31)17-19(24)6-7-22-21(24)10-12-25(2)18(8-13-26(22,25)32)5-3-15-30-33-16-4-14-29-23(27)28/h3,5,15,18-22,31-32H,4,6-14,16-17H2,1-2H3,(H4,27,28,29)/b5-3+,30-15+/t18-,19+,20-,21-,22+,24-,25+,26-/m0/s1. The molecule has 4 aliphatic carbocycles. The van der Waals surface area contributed by atoms with E-state index in [-0.39, 0.29) is 22.9 Å². The molecule has 0 aromatic carbocycles. The molecule has 7 heteroatoms. The summed E-state index contributed by atoms with van der Waals surface area (Å²) < 4.78 is 0. The summed E-state index contributed by atoms with van der Waals surface area (Å²) in [7, 11) is 0. The first-order valence-corrected chi connectivity index (χ1v) is 13.0. The Balaban J connectivity index is 1.37. The maximum Gasteiger partial charge on any atom is 0.185 e. The molecule has 6 N–H and O–H groups in total. The van der Waals surface area contributed by atoms with Crippen molar-refractivity contribution in [2.24, 2.45) is 56.1 Å². The summed E-state index contributed by atoms with van der Waals surface area (Å²) >= 11 is 0. The largest absolute Gasteiger partial charge is 0.396 e. The number of fused-ring (bicyclic) bond motifs is 5. The van der Waals surface area contributed by atoms with E-state index in [1.165, 1.54) is 6.42 Å². The van der Waals surface area contributed by atoms with Crippen molar-refractivity contribution in [1.82, 2.24) is 0 Å². The fraction of sp³-hybridized carbons (Fsp3) is 0.846. The smallest absolute Gasteiger partial charge is 0.185 e. The predicted octanol–water partition coefficient (Wildman–Crippen LogP) is 3.34. The van der Waals surface area contributed by atoms with E-state index in [0.29, 0.717) is 43.2 Å². The topological polar surface area (TPSA) is 126 Å². The van der Waals surface area contributed by atoms with E-state index in [9.17, 15) is 10.2 Å². The highest BCUT2D eigenvalue weighted by Crippen LogP contribution is 2.69. The van der Waals surface area contributed by atoms with Crippen LogP contribution in [0.15, 0.2) is 22.3 Å². The van der Waals surface area contributed by atoms with Crippen LogP contribution in [0.1, 0.15) is 78.1 Å². The number of oxime groups is 1. The lowest BCUT2D eigenvalue weighted by Gasteiger charge is -2.63. The zero-order valence-electron chi connectivity index (χ0n) is 20.5. The van der Waals surface area contributed by atoms with Crippen molar-refractivity contribution in [2.45, 2.75) is 89.8 Å². The van der Waals surface area contributed by atoms with Gasteiger partial charge in [0.1, 0.15) is 6.61 Å². The molecule has 0 radical (unpaired) electrons. The monoisotopic (exact) mass is 460 g/mol. The third kappa shape index (κ3) is 4.43. The first kappa shape index (κ1) is 24.5. The lowest BCUT2D eigenvalue weighted by Crippen LogP contribution is -2.62. The molecule has 0 amide bonds. The number of aliphatic hydroxyl groups excluding tert-OH is 1. The predicted molar refractivity (Wildman–Crippen MR) is 132 cm³/mol. The minimum atomic E-state index is -0.589. The van der Waals surface area contributed by atoms with Crippen molar-refractivity contribution in [1.29, 1.82) is 0 Å². The molecular formula is C26H44N4O3. The molecule has 186 valence electrons. The van der Waals surface area contributed by atoms with Crippen LogP contribution in [0.25, 0.3) is 0 Å². The van der Waals surface area contributed by atoms with E-state index in [0.717, 1.165) is 51.4 Å². The van der Waals surface area contributed by atoms with Crippen LogP contribution in [0.3, 0.4) is 0 Å². The number of nitrogens with zero attached hydrogens (tertiary/aromatic N) is 2. The Hall–Kier alpha value is -1.60. The van der Waals surface area contributed by atoms with Gasteiger partial charge in [-0.15, -0.1) is 0 Å². The Morgan fingerprint density at radius 2 is 1.88 bits per heavy atom. The SMILES string of the molecule is C[C@]12CC[C@H](O)C[C@H]1CC[C@@H]1[C@@H]2CC[C@]2(C)[C@@H](/C=C/C=N/OCCCN=C(N)N)CC[C@]12O. The van der Waals surface area contributed by atoms with Gasteiger partial charge in [-0.05, 0) is 93.0 Å². The number of rotatable bonds is 7. The van der Waals surface area contributed by atoms with Crippen LogP contribution in [0, 0.1) is 34.5 Å². The van der Waals surface area contributed by atoms with E-state index in [1.54, 1.807) is 6.21 Å². The van der Waals surface area contributed by atoms with Gasteiger partial charge in [0.25, 0.3) is 0 Å². The lowest BCUT2D eigenvalue weighted by molar-refractivity contribution is -0.207. The van der Waals surface area contributed by atoms with Crippen LogP contribution in [-0.2, 0) is 4.84 Å². The molecule has 8 atom stereocenters. The number of aliphatic hydroxyl groups is 2. The van der Waals surface area contributed by atoms with Gasteiger partial charge in [-0.2, -0.15) is 0 Å². The fourth-order valence-corrected chi connectivity index (χ4v) is 8.20. The molecular weight excluding hydrogens is 416 g/mol. The van der Waals surface area contributed by atoms with Crippen LogP contribution in [0.4, 0.5) is 0 Å². The molecule has 33 heavy (non-hydrogen) atoms. The van der Waals surface area contributed by atoms with Crippen LogP contribution in [-0.4, -0.2) is 47.2 Å². The Kier molecular flexibility index (Phi) is 7.11. The van der Waals surface area contributed by atoms with Crippen LogP contribution < -0.4 is 11.5 Å². The van der Waals surface area contributed by atoms with E-state index in [1.807, 2.05) is 6.08 Å². The van der Waals surface area contributed by atoms with Gasteiger partial charge in [0.05, 0.1) is 17.9 Å². The van der Waals surface area contributed by atoms with E-state index < -0.39 is 5.60 Å². The van der Waals surface area contributed by atoms with Gasteiger partial charge in [-0.3, -0.25) is 4.99 Å². The molecule has 0 aromatic rings. The Morgan fingerprint density at radius 1 is 1.06 bits per heavy atom. The summed E-state index contributed by atoms with van der Waals surface area (Å²) in [4.78, 5) is 9.18. The highest BCUT2D eigenvalue weighted by Gasteiger charge is 2.66. The molecule has 4 fully saturated rings. The zero-order valence-corrected chi connectivity index (χ0v) is 20.5. The molecule has 4 rings (SSSR count). The van der Waals surface area contributed by atoms with Gasteiger partial charge >= 0.3 is 0 Å². The van der Waals surface area contributed by atoms with Gasteiger partial charge in [0.2, 0.25) is 0 Å². The second-order valence-corrected chi connectivity index (χ2v) is 11.6. The molecule has 4 saturated carbocycles. The maximum atomic E-state index is 12.2. The highest BCUT2D eigenvalue weighted by atomic mass is 16.6. The molecule has 0 spiro atoms. The average Bonchev–Trinajstić information content (AvgIpc) is 3.04. The van der Waals surface area contributed by atoms with Gasteiger partial charge in [-0.25, -0.2) is 0 Å². The number of guanidine groups is 1. The number of aliphatic imine (C=N–C) groups is 1. The van der Waals surface area contributed by atoms with Crippen molar-refractivity contribution in [2.75, 3.05) is 13.2 Å². The average molecular weight is 461 g/mol. The first-order valence-electron chi connectivity index (χ1n) is 13.0. The lowest BCUT2D eigenvalue weighted by atomic mass is 9.43. The Bertz CT molecular complexity index is 781. The van der Waals surface area contributed by atoms with Crippen molar-refractivity contribution in [3.8, 4) is 0 Å². The summed E-state index contributed by atoms with van der Waals surface area (Å²) in [5, 5.41) is 26.4. The molecule has 0 aromatic heterocycles. The van der Waals surface area contributed by atoms with Crippen molar-refractivity contribution >= 4 is 12.2 Å². The third-order valence-electron chi connectivity index (χ3n) is 10.1. The molecule has 0 saturated heterocycles. The van der Waals surface area contributed by atoms with E-state index in [4.69, 9.17) is 16.3 Å². The number of nitrogens with two attached hydrogens (primary N) is 2. The normalized spacial score (nSPS) is 44.9. The van der Waals surface area contributed by atoms with E-state index >= 15 is 0 Å². The minimum Gasteiger partial charge on any atom is -0.396 e. The van der Waals surface area contributed by atoms with Crippen molar-refractivity contribution in [3.63, 3.8) is 0 Å². The highest BCUT2D eigenvalue weighted by molar-refractivity contribution is 5.75. The Morgan fingerprint density at radius 3 is 2.67 bits per heavy atom. The quantitative estimate of drug-likeness (QED) is 0.201. The molecule has 0 unspecified atom stereocenters. The minimum absolute atomic E-state index is 0.0864. The van der Waals surface area contributed by atoms with Crippen LogP contribution in [0.5, 0.6) is 0 Å². The zero-order chi connectivity index (χ0) is 23.7. The van der Waals surface area contributed by atoms with Crippen molar-refractivity contribution in [3.05, 3.63) is 12.2 Å². The summed E-state index contributed by atoms with van der Waals surface area (Å²) in [6.45, 7) is 5.80. The van der Waals surface area contributed by atoms with Crippen molar-refractivity contribution < 1.29 is 15.1 Å². The van der Waals surface area contributed by atoms with Gasteiger partial charge in [0.15, 0.2) is 5.96 Å². The fourth-order valence-electron chi connectivity index (χ4n) is 8.20. The molecule has 0 bridgehead atoms. The molecule has 0 heterocycles. The summed E-state index contributed by atoms with van der Waals surface area (Å²) in [6, 6.07) is 0. The number of hydrogen-bond donors (Lipinski definition) is 4. The second-order valence-electron chi connectivity index (χ2n) is 11.6. The first-order chi connectivity index (χ1) is 15.7. The summed E-state index contributed by atoms with van der Waals surface area (Å²) in [5.41, 5.74) is 10.2. The molecule has 7 nitrogen and oxygen atoms in total. The number of allylic oxidation sites excluding steroid dienone is 2. The van der Waals surface area contributed by atoms with Crippen LogP contribution in [0.2, 0.25) is 0 Å². The third-order valence-corrected chi connectivity index (χ3v) is 10.1. The Labute approximate surface area is 198 Å². The van der Waals surface area contributed by atoms with Crippen LogP contribution >= 0.6 is 0 Å². The van der Waals surface area contributed by atoms with Gasteiger partial charge in [0, 0.05) is 18.4 Å². The van der Waals surface area contributed by atoms with Gasteiger partial charge < -0.3 is 26.5 Å². The summed E-state index contributed by atoms with van der Waals surface area (Å²) in [5.74, 6) is 2.03. The molecule has 0 aliphatic heterocycles. The van der Waals surface area contributed by atoms with Gasteiger partial charge in [-0.1, -0.05) is 25.1 Å². The maximum absolute atomic E-state index is 12.2.